The van der Waals surface area contributed by atoms with Gasteiger partial charge in [-0.3, -0.25) is 9.69 Å². The first-order valence-corrected chi connectivity index (χ1v) is 11.4. The minimum atomic E-state index is -0.161. The zero-order chi connectivity index (χ0) is 23.2. The van der Waals surface area contributed by atoms with Crippen molar-refractivity contribution in [2.75, 3.05) is 25.5 Å². The number of hydrogen-bond acceptors (Lipinski definition) is 6. The molecule has 9 heteroatoms. The Bertz CT molecular complexity index is 1140. The molecule has 0 atom stereocenters. The van der Waals surface area contributed by atoms with E-state index in [0.717, 1.165) is 36.7 Å². The number of carbonyl (C=O) groups is 1. The van der Waals surface area contributed by atoms with Crippen LogP contribution in [-0.4, -0.2) is 41.1 Å². The summed E-state index contributed by atoms with van der Waals surface area (Å²) in [5.74, 6) is 1.43. The van der Waals surface area contributed by atoms with E-state index in [1.165, 1.54) is 5.56 Å². The zero-order valence-electron chi connectivity index (χ0n) is 18.2. The molecule has 2 heterocycles. The molecule has 2 aromatic carbocycles. The maximum atomic E-state index is 12.3. The number of ether oxygens (including phenoxy) is 1. The Balaban J connectivity index is 1.26. The number of carbonyl (C=O) groups excluding carboxylic acids is 1. The van der Waals surface area contributed by atoms with Crippen LogP contribution < -0.4 is 10.1 Å². The van der Waals surface area contributed by atoms with Crippen LogP contribution >= 0.6 is 23.2 Å². The summed E-state index contributed by atoms with van der Waals surface area (Å²) in [6.45, 7) is 2.59. The van der Waals surface area contributed by atoms with E-state index in [1.54, 1.807) is 25.3 Å². The minimum absolute atomic E-state index is 0.161. The molecule has 1 aromatic heterocycles. The predicted octanol–water partition coefficient (Wildman–Crippen LogP) is 5.25. The highest BCUT2D eigenvalue weighted by atomic mass is 35.5. The molecule has 0 unspecified atom stereocenters. The maximum absolute atomic E-state index is 12.3. The Morgan fingerprint density at radius 3 is 2.73 bits per heavy atom. The van der Waals surface area contributed by atoms with Gasteiger partial charge >= 0.3 is 0 Å². The molecule has 1 aliphatic heterocycles. The van der Waals surface area contributed by atoms with Gasteiger partial charge in [0, 0.05) is 43.2 Å². The summed E-state index contributed by atoms with van der Waals surface area (Å²) < 4.78 is 10.5. The van der Waals surface area contributed by atoms with Crippen LogP contribution in [-0.2, 0) is 17.8 Å². The molecule has 0 bridgehead atoms. The number of anilines is 1. The van der Waals surface area contributed by atoms with Crippen LogP contribution in [0.3, 0.4) is 0 Å². The molecule has 0 fully saturated rings. The predicted molar refractivity (Wildman–Crippen MR) is 129 cm³/mol. The second-order valence-electron chi connectivity index (χ2n) is 7.75. The molecule has 0 aliphatic carbocycles. The molecular weight excluding hydrogens is 463 g/mol. The average molecular weight is 487 g/mol. The van der Waals surface area contributed by atoms with Crippen LogP contribution in [0.15, 0.2) is 53.1 Å². The maximum Gasteiger partial charge on any atom is 0.227 e. The summed E-state index contributed by atoms with van der Waals surface area (Å²) in [4.78, 5) is 19.1. The van der Waals surface area contributed by atoms with E-state index in [0.29, 0.717) is 34.6 Å². The third-order valence-corrected chi connectivity index (χ3v) is 5.92. The number of nitrogens with one attached hydrogen (secondary N) is 1. The van der Waals surface area contributed by atoms with Crippen LogP contribution in [0.4, 0.5) is 5.69 Å². The van der Waals surface area contributed by atoms with Crippen molar-refractivity contribution in [3.63, 3.8) is 0 Å². The van der Waals surface area contributed by atoms with Crippen molar-refractivity contribution in [1.82, 2.24) is 15.0 Å². The number of aromatic nitrogens is 2. The summed E-state index contributed by atoms with van der Waals surface area (Å²) in [6, 6.07) is 13.0. The van der Waals surface area contributed by atoms with Crippen molar-refractivity contribution >= 4 is 40.4 Å². The number of amides is 1. The van der Waals surface area contributed by atoms with Crippen molar-refractivity contribution in [3.8, 4) is 5.75 Å². The molecule has 1 aliphatic rings. The third-order valence-electron chi connectivity index (χ3n) is 5.37. The Kier molecular flexibility index (Phi) is 7.65. The molecule has 172 valence electrons. The van der Waals surface area contributed by atoms with Crippen LogP contribution in [0.1, 0.15) is 30.1 Å². The number of benzene rings is 2. The van der Waals surface area contributed by atoms with E-state index < -0.39 is 0 Å². The molecule has 7 nitrogen and oxygen atoms in total. The molecule has 3 aromatic rings. The van der Waals surface area contributed by atoms with Gasteiger partial charge in [0.1, 0.15) is 5.75 Å². The highest BCUT2D eigenvalue weighted by molar-refractivity contribution is 6.32. The van der Waals surface area contributed by atoms with Gasteiger partial charge in [0.05, 0.1) is 12.1 Å². The highest BCUT2D eigenvalue weighted by Crippen LogP contribution is 2.27. The Labute approximate surface area is 202 Å². The van der Waals surface area contributed by atoms with Crippen molar-refractivity contribution in [1.29, 1.82) is 0 Å². The summed E-state index contributed by atoms with van der Waals surface area (Å²) in [6.07, 6.45) is 3.55. The minimum Gasteiger partial charge on any atom is -0.495 e. The second kappa shape index (κ2) is 10.8. The van der Waals surface area contributed by atoms with Gasteiger partial charge in [0.2, 0.25) is 11.8 Å². The lowest BCUT2D eigenvalue weighted by Crippen LogP contribution is -2.28. The van der Waals surface area contributed by atoms with E-state index >= 15 is 0 Å². The standard InChI is InChI=1S/C24H24Cl2N4O3/c1-32-21-7-6-19(14-20(21)26)27-22(31)8-9-23-28-24(29-33-23)17-10-12-30(13-11-17)15-16-2-4-18(25)5-3-16/h2-7,10,14H,8-9,11-13,15H2,1H3,(H,27,31). The lowest BCUT2D eigenvalue weighted by molar-refractivity contribution is -0.116. The van der Waals surface area contributed by atoms with Gasteiger partial charge in [-0.05, 0) is 47.9 Å². The largest absolute Gasteiger partial charge is 0.495 e. The van der Waals surface area contributed by atoms with Gasteiger partial charge in [0.25, 0.3) is 0 Å². The molecule has 0 spiro atoms. The molecular formula is C24H24Cl2N4O3. The molecule has 0 saturated heterocycles. The first-order chi connectivity index (χ1) is 16.0. The second-order valence-corrected chi connectivity index (χ2v) is 8.59. The lowest BCUT2D eigenvalue weighted by atomic mass is 10.1. The quantitative estimate of drug-likeness (QED) is 0.468. The fourth-order valence-electron chi connectivity index (χ4n) is 3.58. The van der Waals surface area contributed by atoms with Gasteiger partial charge in [-0.2, -0.15) is 4.98 Å². The van der Waals surface area contributed by atoms with Crippen molar-refractivity contribution in [2.24, 2.45) is 0 Å². The van der Waals surface area contributed by atoms with Crippen molar-refractivity contribution < 1.29 is 14.1 Å². The normalized spacial score (nSPS) is 14.1. The van der Waals surface area contributed by atoms with E-state index in [2.05, 4.69) is 26.4 Å². The van der Waals surface area contributed by atoms with Crippen LogP contribution in [0.25, 0.3) is 5.57 Å². The van der Waals surface area contributed by atoms with E-state index in [1.807, 2.05) is 24.3 Å². The molecule has 0 radical (unpaired) electrons. The average Bonchev–Trinajstić information content (AvgIpc) is 3.29. The highest BCUT2D eigenvalue weighted by Gasteiger charge is 2.18. The van der Waals surface area contributed by atoms with E-state index in [-0.39, 0.29) is 12.3 Å². The number of aryl methyl sites for hydroxylation is 1. The molecule has 1 amide bonds. The first-order valence-electron chi connectivity index (χ1n) is 10.6. The van der Waals surface area contributed by atoms with E-state index in [4.69, 9.17) is 32.5 Å². The number of halogens is 2. The van der Waals surface area contributed by atoms with Gasteiger partial charge < -0.3 is 14.6 Å². The fourth-order valence-corrected chi connectivity index (χ4v) is 3.96. The first kappa shape index (κ1) is 23.3. The summed E-state index contributed by atoms with van der Waals surface area (Å²) in [7, 11) is 1.54. The number of hydrogen-bond donors (Lipinski definition) is 1. The van der Waals surface area contributed by atoms with Gasteiger partial charge in [0.15, 0.2) is 5.82 Å². The summed E-state index contributed by atoms with van der Waals surface area (Å²) in [5, 5.41) is 8.09. The Hall–Kier alpha value is -2.87. The summed E-state index contributed by atoms with van der Waals surface area (Å²) >= 11 is 12.1. The Morgan fingerprint density at radius 2 is 2.03 bits per heavy atom. The number of rotatable bonds is 8. The lowest BCUT2D eigenvalue weighted by Gasteiger charge is -2.25. The number of methoxy groups -OCH3 is 1. The van der Waals surface area contributed by atoms with Crippen LogP contribution in [0.2, 0.25) is 10.0 Å². The van der Waals surface area contributed by atoms with Crippen LogP contribution in [0.5, 0.6) is 5.75 Å². The van der Waals surface area contributed by atoms with Gasteiger partial charge in [-0.15, -0.1) is 0 Å². The summed E-state index contributed by atoms with van der Waals surface area (Å²) in [5.41, 5.74) is 2.90. The molecule has 0 saturated carbocycles. The van der Waals surface area contributed by atoms with Crippen molar-refractivity contribution in [3.05, 3.63) is 75.9 Å². The zero-order valence-corrected chi connectivity index (χ0v) is 19.7. The van der Waals surface area contributed by atoms with E-state index in [9.17, 15) is 4.79 Å². The SMILES string of the molecule is COc1ccc(NC(=O)CCc2nc(C3=CCN(Cc4ccc(Cl)cc4)CC3)no2)cc1Cl. The molecule has 1 N–H and O–H groups in total. The monoisotopic (exact) mass is 486 g/mol. The smallest absolute Gasteiger partial charge is 0.227 e. The fraction of sp³-hybridized carbons (Fsp3) is 0.292. The molecule has 4 rings (SSSR count). The van der Waals surface area contributed by atoms with Crippen molar-refractivity contribution in [2.45, 2.75) is 25.8 Å². The van der Waals surface area contributed by atoms with Gasteiger partial charge in [-0.1, -0.05) is 46.6 Å². The van der Waals surface area contributed by atoms with Gasteiger partial charge in [-0.25, -0.2) is 0 Å². The topological polar surface area (TPSA) is 80.5 Å². The third kappa shape index (κ3) is 6.35. The molecule has 33 heavy (non-hydrogen) atoms. The Morgan fingerprint density at radius 1 is 1.21 bits per heavy atom. The van der Waals surface area contributed by atoms with Crippen LogP contribution in [0, 0.1) is 0 Å². The number of nitrogens with zero attached hydrogens (tertiary/aromatic N) is 3.